The lowest BCUT2D eigenvalue weighted by Gasteiger charge is -2.34. The van der Waals surface area contributed by atoms with Gasteiger partial charge in [-0.3, -0.25) is 9.59 Å². The SMILES string of the molecule is COCC(=O)NC1CCN(c2ccccc2C(=O)NCc2cccc(F)c2)CC1. The molecule has 0 atom stereocenters. The van der Waals surface area contributed by atoms with Crippen molar-refractivity contribution in [2.75, 3.05) is 31.7 Å². The highest BCUT2D eigenvalue weighted by molar-refractivity contribution is 5.99. The van der Waals surface area contributed by atoms with Crippen LogP contribution in [0.3, 0.4) is 0 Å². The first-order valence-corrected chi connectivity index (χ1v) is 9.71. The van der Waals surface area contributed by atoms with Crippen LogP contribution in [0.5, 0.6) is 0 Å². The van der Waals surface area contributed by atoms with Gasteiger partial charge in [-0.1, -0.05) is 24.3 Å². The molecule has 3 rings (SSSR count). The maximum absolute atomic E-state index is 13.3. The van der Waals surface area contributed by atoms with E-state index in [9.17, 15) is 14.0 Å². The van der Waals surface area contributed by atoms with E-state index in [4.69, 9.17) is 4.74 Å². The Morgan fingerprint density at radius 2 is 1.90 bits per heavy atom. The number of amides is 2. The Balaban J connectivity index is 1.60. The summed E-state index contributed by atoms with van der Waals surface area (Å²) >= 11 is 0. The van der Waals surface area contributed by atoms with Crippen LogP contribution in [0.15, 0.2) is 48.5 Å². The third-order valence-electron chi connectivity index (χ3n) is 4.97. The molecule has 1 aliphatic rings. The molecule has 1 fully saturated rings. The van der Waals surface area contributed by atoms with E-state index in [1.54, 1.807) is 18.2 Å². The molecule has 2 aromatic carbocycles. The Hall–Kier alpha value is -2.93. The lowest BCUT2D eigenvalue weighted by atomic mass is 10.0. The van der Waals surface area contributed by atoms with Crippen LogP contribution in [-0.4, -0.2) is 44.7 Å². The Morgan fingerprint density at radius 1 is 1.14 bits per heavy atom. The number of carbonyl (C=O) groups excluding carboxylic acids is 2. The van der Waals surface area contributed by atoms with Gasteiger partial charge in [-0.15, -0.1) is 0 Å². The van der Waals surface area contributed by atoms with Gasteiger partial charge < -0.3 is 20.3 Å². The third-order valence-corrected chi connectivity index (χ3v) is 4.97. The van der Waals surface area contributed by atoms with Crippen molar-refractivity contribution in [3.63, 3.8) is 0 Å². The number of nitrogens with one attached hydrogen (secondary N) is 2. The molecule has 154 valence electrons. The fourth-order valence-corrected chi connectivity index (χ4v) is 3.53. The Bertz CT molecular complexity index is 851. The van der Waals surface area contributed by atoms with Crippen LogP contribution in [0.4, 0.5) is 10.1 Å². The van der Waals surface area contributed by atoms with Crippen molar-refractivity contribution >= 4 is 17.5 Å². The van der Waals surface area contributed by atoms with Crippen LogP contribution in [0, 0.1) is 5.82 Å². The van der Waals surface area contributed by atoms with Crippen molar-refractivity contribution in [1.29, 1.82) is 0 Å². The molecule has 0 unspecified atom stereocenters. The number of carbonyl (C=O) groups is 2. The van der Waals surface area contributed by atoms with E-state index in [0.717, 1.165) is 31.6 Å². The number of nitrogens with zero attached hydrogens (tertiary/aromatic N) is 1. The maximum atomic E-state index is 13.3. The number of halogens is 1. The monoisotopic (exact) mass is 399 g/mol. The Labute approximate surface area is 170 Å². The molecule has 1 aliphatic heterocycles. The summed E-state index contributed by atoms with van der Waals surface area (Å²) in [6.45, 7) is 1.81. The largest absolute Gasteiger partial charge is 0.375 e. The first kappa shape index (κ1) is 20.8. The summed E-state index contributed by atoms with van der Waals surface area (Å²) < 4.78 is 18.2. The zero-order valence-corrected chi connectivity index (χ0v) is 16.5. The molecule has 7 heteroatoms. The lowest BCUT2D eigenvalue weighted by molar-refractivity contribution is -0.125. The van der Waals surface area contributed by atoms with E-state index in [1.807, 2.05) is 18.2 Å². The molecule has 2 aromatic rings. The van der Waals surface area contributed by atoms with Gasteiger partial charge in [0.2, 0.25) is 5.91 Å². The minimum atomic E-state index is -0.322. The summed E-state index contributed by atoms with van der Waals surface area (Å²) in [4.78, 5) is 26.6. The second kappa shape index (κ2) is 10.0. The quantitative estimate of drug-likeness (QED) is 0.751. The number of ether oxygens (including phenoxy) is 1. The highest BCUT2D eigenvalue weighted by atomic mass is 19.1. The van der Waals surface area contributed by atoms with Gasteiger partial charge in [0, 0.05) is 38.5 Å². The number of methoxy groups -OCH3 is 1. The van der Waals surface area contributed by atoms with Crippen LogP contribution in [0.25, 0.3) is 0 Å². The highest BCUT2D eigenvalue weighted by Gasteiger charge is 2.23. The van der Waals surface area contributed by atoms with Crippen LogP contribution in [0.2, 0.25) is 0 Å². The number of piperidine rings is 1. The first-order valence-electron chi connectivity index (χ1n) is 9.71. The number of hydrogen-bond acceptors (Lipinski definition) is 4. The molecule has 6 nitrogen and oxygen atoms in total. The van der Waals surface area contributed by atoms with E-state index < -0.39 is 0 Å². The second-order valence-corrected chi connectivity index (χ2v) is 7.09. The Kier molecular flexibility index (Phi) is 7.19. The van der Waals surface area contributed by atoms with E-state index in [1.165, 1.54) is 19.2 Å². The van der Waals surface area contributed by atoms with E-state index >= 15 is 0 Å². The predicted molar refractivity (Wildman–Crippen MR) is 109 cm³/mol. The average Bonchev–Trinajstić information content (AvgIpc) is 2.73. The molecule has 0 saturated carbocycles. The number of hydrogen-bond donors (Lipinski definition) is 2. The molecule has 0 aliphatic carbocycles. The van der Waals surface area contributed by atoms with Crippen molar-refractivity contribution in [3.05, 3.63) is 65.5 Å². The summed E-state index contributed by atoms with van der Waals surface area (Å²) in [5.74, 6) is -0.624. The fraction of sp³-hybridized carbons (Fsp3) is 0.364. The molecular formula is C22H26FN3O3. The van der Waals surface area contributed by atoms with Crippen LogP contribution >= 0.6 is 0 Å². The number of anilines is 1. The fourth-order valence-electron chi connectivity index (χ4n) is 3.53. The second-order valence-electron chi connectivity index (χ2n) is 7.09. The van der Waals surface area contributed by atoms with E-state index in [0.29, 0.717) is 11.1 Å². The first-order chi connectivity index (χ1) is 14.1. The minimum absolute atomic E-state index is 0.0640. The van der Waals surface area contributed by atoms with Gasteiger partial charge in [-0.05, 0) is 42.7 Å². The van der Waals surface area contributed by atoms with Crippen molar-refractivity contribution in [2.45, 2.75) is 25.4 Å². The van der Waals surface area contributed by atoms with Crippen LogP contribution in [0.1, 0.15) is 28.8 Å². The lowest BCUT2D eigenvalue weighted by Crippen LogP contribution is -2.46. The van der Waals surface area contributed by atoms with Crippen molar-refractivity contribution in [3.8, 4) is 0 Å². The molecule has 0 radical (unpaired) electrons. The van der Waals surface area contributed by atoms with E-state index in [-0.39, 0.29) is 36.8 Å². The molecule has 1 saturated heterocycles. The summed E-state index contributed by atoms with van der Waals surface area (Å²) in [6.07, 6.45) is 1.60. The summed E-state index contributed by atoms with van der Waals surface area (Å²) in [7, 11) is 1.50. The predicted octanol–water partition coefficient (Wildman–Crippen LogP) is 2.49. The number of rotatable bonds is 7. The van der Waals surface area contributed by atoms with Gasteiger partial charge in [0.1, 0.15) is 12.4 Å². The van der Waals surface area contributed by atoms with Gasteiger partial charge >= 0.3 is 0 Å². The van der Waals surface area contributed by atoms with Crippen LogP contribution in [-0.2, 0) is 16.1 Å². The molecule has 0 bridgehead atoms. The maximum Gasteiger partial charge on any atom is 0.253 e. The highest BCUT2D eigenvalue weighted by Crippen LogP contribution is 2.24. The van der Waals surface area contributed by atoms with Gasteiger partial charge in [0.15, 0.2) is 0 Å². The third kappa shape index (κ3) is 5.77. The zero-order chi connectivity index (χ0) is 20.6. The van der Waals surface area contributed by atoms with Gasteiger partial charge in [0.25, 0.3) is 5.91 Å². The minimum Gasteiger partial charge on any atom is -0.375 e. The normalized spacial score (nSPS) is 14.5. The van der Waals surface area contributed by atoms with E-state index in [2.05, 4.69) is 15.5 Å². The molecule has 2 amide bonds. The number of benzene rings is 2. The average molecular weight is 399 g/mol. The van der Waals surface area contributed by atoms with Gasteiger partial charge in [-0.25, -0.2) is 4.39 Å². The van der Waals surface area contributed by atoms with Gasteiger partial charge in [-0.2, -0.15) is 0 Å². The molecule has 1 heterocycles. The standard InChI is InChI=1S/C22H26FN3O3/c1-29-15-21(27)25-18-9-11-26(12-10-18)20-8-3-2-7-19(20)22(28)24-14-16-5-4-6-17(23)13-16/h2-8,13,18H,9-12,14-15H2,1H3,(H,24,28)(H,25,27). The van der Waals surface area contributed by atoms with Gasteiger partial charge in [0.05, 0.1) is 5.56 Å². The summed E-state index contributed by atoms with van der Waals surface area (Å²) in [5, 5.41) is 5.84. The van der Waals surface area contributed by atoms with Crippen molar-refractivity contribution in [2.24, 2.45) is 0 Å². The molecule has 0 aromatic heterocycles. The zero-order valence-electron chi connectivity index (χ0n) is 16.5. The molecule has 0 spiro atoms. The molecular weight excluding hydrogens is 373 g/mol. The summed E-state index contributed by atoms with van der Waals surface area (Å²) in [5.41, 5.74) is 2.17. The van der Waals surface area contributed by atoms with Crippen molar-refractivity contribution < 1.29 is 18.7 Å². The topological polar surface area (TPSA) is 70.7 Å². The number of para-hydroxylation sites is 1. The van der Waals surface area contributed by atoms with Crippen LogP contribution < -0.4 is 15.5 Å². The smallest absolute Gasteiger partial charge is 0.253 e. The molecule has 29 heavy (non-hydrogen) atoms. The Morgan fingerprint density at radius 3 is 2.62 bits per heavy atom. The molecule has 2 N–H and O–H groups in total. The summed E-state index contributed by atoms with van der Waals surface area (Å²) in [6, 6.07) is 13.8. The van der Waals surface area contributed by atoms with Crippen molar-refractivity contribution in [1.82, 2.24) is 10.6 Å².